The third-order valence-corrected chi connectivity index (χ3v) is 6.69. The first kappa shape index (κ1) is 32.6. The van der Waals surface area contributed by atoms with Crippen molar-refractivity contribution in [1.82, 2.24) is 24.8 Å². The van der Waals surface area contributed by atoms with Gasteiger partial charge in [-0.15, -0.1) is 0 Å². The molecule has 2 heterocycles. The Kier molecular flexibility index (Phi) is 11.1. The molecule has 0 radical (unpaired) electrons. The first-order valence-electron chi connectivity index (χ1n) is 13.2. The highest BCUT2D eigenvalue weighted by molar-refractivity contribution is 5.63. The summed E-state index contributed by atoms with van der Waals surface area (Å²) in [6.07, 6.45) is -2.35. The summed E-state index contributed by atoms with van der Waals surface area (Å²) >= 11 is 0. The third kappa shape index (κ3) is 9.03. The van der Waals surface area contributed by atoms with E-state index in [9.17, 15) is 31.1 Å². The Balaban J connectivity index is 0.000000521. The molecule has 1 aromatic carbocycles. The van der Waals surface area contributed by atoms with E-state index in [4.69, 9.17) is 11.6 Å². The number of hydrazine groups is 1. The van der Waals surface area contributed by atoms with Crippen LogP contribution in [-0.4, -0.2) is 44.4 Å². The number of rotatable bonds is 7. The van der Waals surface area contributed by atoms with Crippen LogP contribution in [0.5, 0.6) is 0 Å². The first-order valence-corrected chi connectivity index (χ1v) is 13.2. The summed E-state index contributed by atoms with van der Waals surface area (Å²) < 4.78 is 79.3. The van der Waals surface area contributed by atoms with Gasteiger partial charge in [0, 0.05) is 25.0 Å². The van der Waals surface area contributed by atoms with Gasteiger partial charge in [-0.05, 0) is 49.4 Å². The van der Waals surface area contributed by atoms with E-state index in [1.54, 1.807) is 6.07 Å². The van der Waals surface area contributed by atoms with Crippen LogP contribution in [0.3, 0.4) is 0 Å². The SMILES string of the molecule is CN(N)/C(=C(\N)c1cc(C2CCCCC2)c(=O)n(Cc2nccnc2CC(F)(F)F)n1)C(F)F.Cc1cccc(F)c1. The lowest BCUT2D eigenvalue weighted by Gasteiger charge is -2.23. The maximum absolute atomic E-state index is 13.6. The highest BCUT2D eigenvalue weighted by Gasteiger charge is 2.31. The van der Waals surface area contributed by atoms with Gasteiger partial charge < -0.3 is 10.7 Å². The van der Waals surface area contributed by atoms with Crippen molar-refractivity contribution in [1.29, 1.82) is 0 Å². The predicted octanol–water partition coefficient (Wildman–Crippen LogP) is 5.07. The topological polar surface area (TPSA) is 116 Å². The summed E-state index contributed by atoms with van der Waals surface area (Å²) in [6, 6.07) is 7.88. The van der Waals surface area contributed by atoms with Gasteiger partial charge >= 0.3 is 6.18 Å². The maximum Gasteiger partial charge on any atom is 0.394 e. The average Bonchev–Trinajstić information content (AvgIpc) is 2.90. The van der Waals surface area contributed by atoms with Crippen LogP contribution in [0.1, 0.15) is 66.2 Å². The Morgan fingerprint density at radius 1 is 1.10 bits per heavy atom. The monoisotopic (exact) mass is 597 g/mol. The molecule has 0 spiro atoms. The van der Waals surface area contributed by atoms with Gasteiger partial charge in [0.1, 0.15) is 17.2 Å². The van der Waals surface area contributed by atoms with Crippen molar-refractivity contribution >= 4 is 5.70 Å². The van der Waals surface area contributed by atoms with E-state index in [2.05, 4.69) is 15.1 Å². The fourth-order valence-corrected chi connectivity index (χ4v) is 4.71. The second-order valence-electron chi connectivity index (χ2n) is 10.0. The summed E-state index contributed by atoms with van der Waals surface area (Å²) in [5.74, 6) is 5.21. The standard InChI is InChI=1S/C21H26F5N7O.C7H7F/c1-32(28)18(19(22)23)17(27)14-9-13(12-5-3-2-4-6-12)20(34)33(31-14)11-16-15(10-21(24,25)26)29-7-8-30-16;1-6-3-2-4-7(8)5-6/h7-9,12,19H,2-6,10-11,27-28H2,1H3;2-5H,1H3/b18-17-;. The van der Waals surface area contributed by atoms with Crippen LogP contribution in [0.15, 0.2) is 53.2 Å². The Hall–Kier alpha value is -3.94. The molecule has 4 N–H and O–H groups in total. The van der Waals surface area contributed by atoms with E-state index in [0.717, 1.165) is 35.7 Å². The molecule has 0 atom stereocenters. The number of nitrogens with zero attached hydrogens (tertiary/aromatic N) is 5. The van der Waals surface area contributed by atoms with Crippen LogP contribution in [0.4, 0.5) is 26.3 Å². The lowest BCUT2D eigenvalue weighted by molar-refractivity contribution is -0.128. The van der Waals surface area contributed by atoms with Gasteiger partial charge in [-0.3, -0.25) is 14.8 Å². The van der Waals surface area contributed by atoms with Crippen molar-refractivity contribution < 1.29 is 26.3 Å². The lowest BCUT2D eigenvalue weighted by Crippen LogP contribution is -2.34. The molecule has 3 aromatic rings. The molecule has 228 valence electrons. The van der Waals surface area contributed by atoms with Gasteiger partial charge in [0.05, 0.1) is 30.1 Å². The number of hydrogen-bond donors (Lipinski definition) is 2. The van der Waals surface area contributed by atoms with Gasteiger partial charge in [0.25, 0.3) is 12.0 Å². The zero-order chi connectivity index (χ0) is 31.0. The Morgan fingerprint density at radius 2 is 1.74 bits per heavy atom. The Morgan fingerprint density at radius 3 is 2.26 bits per heavy atom. The minimum absolute atomic E-state index is 0.103. The number of halogens is 6. The normalized spacial score (nSPS) is 14.7. The van der Waals surface area contributed by atoms with Gasteiger partial charge in [-0.1, -0.05) is 31.4 Å². The molecule has 0 saturated heterocycles. The van der Waals surface area contributed by atoms with Crippen LogP contribution < -0.4 is 17.1 Å². The minimum Gasteiger partial charge on any atom is -0.395 e. The second kappa shape index (κ2) is 14.3. The number of alkyl halides is 5. The van der Waals surface area contributed by atoms with Gasteiger partial charge in [-0.25, -0.2) is 23.7 Å². The molecule has 0 amide bonds. The van der Waals surface area contributed by atoms with Crippen molar-refractivity contribution in [3.8, 4) is 0 Å². The smallest absolute Gasteiger partial charge is 0.394 e. The molecule has 0 unspecified atom stereocenters. The number of hydrogen-bond acceptors (Lipinski definition) is 7. The van der Waals surface area contributed by atoms with Gasteiger partial charge in [0.15, 0.2) is 0 Å². The number of aryl methyl sites for hydroxylation is 1. The molecule has 0 aliphatic heterocycles. The maximum atomic E-state index is 13.6. The van der Waals surface area contributed by atoms with E-state index in [0.29, 0.717) is 23.4 Å². The fraction of sp³-hybridized carbons (Fsp3) is 0.429. The first-order chi connectivity index (χ1) is 19.8. The second-order valence-corrected chi connectivity index (χ2v) is 10.0. The lowest BCUT2D eigenvalue weighted by atomic mass is 9.84. The number of nitrogens with two attached hydrogens (primary N) is 2. The van der Waals surface area contributed by atoms with Crippen molar-refractivity contribution in [2.24, 2.45) is 11.6 Å². The molecule has 1 aliphatic carbocycles. The number of allylic oxidation sites excluding steroid dienone is 1. The van der Waals surface area contributed by atoms with E-state index < -0.39 is 42.5 Å². The highest BCUT2D eigenvalue weighted by Crippen LogP contribution is 2.32. The van der Waals surface area contributed by atoms with Crippen molar-refractivity contribution in [2.75, 3.05) is 7.05 Å². The zero-order valence-electron chi connectivity index (χ0n) is 23.2. The number of benzene rings is 1. The van der Waals surface area contributed by atoms with Crippen LogP contribution in [0, 0.1) is 12.7 Å². The largest absolute Gasteiger partial charge is 0.395 e. The molecule has 1 fully saturated rings. The third-order valence-electron chi connectivity index (χ3n) is 6.69. The van der Waals surface area contributed by atoms with Gasteiger partial charge in [0.2, 0.25) is 0 Å². The highest BCUT2D eigenvalue weighted by atomic mass is 19.4. The van der Waals surface area contributed by atoms with E-state index in [-0.39, 0.29) is 28.8 Å². The van der Waals surface area contributed by atoms with Crippen LogP contribution in [0.2, 0.25) is 0 Å². The Bertz CT molecular complexity index is 1410. The molecular weight excluding hydrogens is 564 g/mol. The van der Waals surface area contributed by atoms with Crippen LogP contribution in [-0.2, 0) is 13.0 Å². The summed E-state index contributed by atoms with van der Waals surface area (Å²) in [5.41, 5.74) is 5.04. The van der Waals surface area contributed by atoms with E-state index in [1.807, 2.05) is 13.0 Å². The summed E-state index contributed by atoms with van der Waals surface area (Å²) in [7, 11) is 1.19. The minimum atomic E-state index is -4.54. The van der Waals surface area contributed by atoms with Gasteiger partial charge in [-0.2, -0.15) is 18.3 Å². The van der Waals surface area contributed by atoms with Crippen LogP contribution >= 0.6 is 0 Å². The van der Waals surface area contributed by atoms with Crippen molar-refractivity contribution in [3.63, 3.8) is 0 Å². The molecule has 1 aliphatic rings. The van der Waals surface area contributed by atoms with Crippen molar-refractivity contribution in [2.45, 2.75) is 70.5 Å². The molecule has 14 heteroatoms. The summed E-state index contributed by atoms with van der Waals surface area (Å²) in [6.45, 7) is 1.44. The zero-order valence-corrected chi connectivity index (χ0v) is 23.2. The molecule has 42 heavy (non-hydrogen) atoms. The molecule has 1 saturated carbocycles. The van der Waals surface area contributed by atoms with E-state index >= 15 is 0 Å². The quantitative estimate of drug-likeness (QED) is 0.222. The fourth-order valence-electron chi connectivity index (χ4n) is 4.71. The summed E-state index contributed by atoms with van der Waals surface area (Å²) in [4.78, 5) is 21.0. The van der Waals surface area contributed by atoms with Crippen LogP contribution in [0.25, 0.3) is 5.70 Å². The average molecular weight is 598 g/mol. The van der Waals surface area contributed by atoms with E-state index in [1.165, 1.54) is 31.4 Å². The molecule has 0 bridgehead atoms. The predicted molar refractivity (Wildman–Crippen MR) is 145 cm³/mol. The molecular formula is C28H33F6N7O. The molecule has 2 aromatic heterocycles. The Labute approximate surface area is 239 Å². The van der Waals surface area contributed by atoms with Crippen molar-refractivity contribution in [3.05, 3.63) is 92.8 Å². The molecule has 4 rings (SSSR count). The molecule has 8 nitrogen and oxygen atoms in total. The summed E-state index contributed by atoms with van der Waals surface area (Å²) in [5, 5.41) is 4.77. The number of aromatic nitrogens is 4.